The monoisotopic (exact) mass is 244 g/mol. The van der Waals surface area contributed by atoms with Crippen molar-refractivity contribution in [1.29, 1.82) is 0 Å². The predicted octanol–water partition coefficient (Wildman–Crippen LogP) is 1.53. The van der Waals surface area contributed by atoms with E-state index in [2.05, 4.69) is 4.98 Å². The van der Waals surface area contributed by atoms with E-state index in [9.17, 15) is 8.42 Å². The second-order valence-electron chi connectivity index (χ2n) is 3.38. The summed E-state index contributed by atoms with van der Waals surface area (Å²) < 4.78 is 23.8. The van der Waals surface area contributed by atoms with Crippen LogP contribution in [-0.4, -0.2) is 24.1 Å². The first-order valence-corrected chi connectivity index (χ1v) is 6.70. The van der Waals surface area contributed by atoms with Crippen molar-refractivity contribution < 1.29 is 8.42 Å². The fraction of sp³-hybridized carbons (Fsp3) is 0.222. The Morgan fingerprint density at radius 1 is 1.47 bits per heavy atom. The molecule has 15 heavy (non-hydrogen) atoms. The van der Waals surface area contributed by atoms with Gasteiger partial charge in [0.25, 0.3) is 0 Å². The molecule has 0 aliphatic heterocycles. The molecule has 0 fully saturated rings. The van der Waals surface area contributed by atoms with Crippen LogP contribution in [0.3, 0.4) is 0 Å². The molecular weight excluding hydrogens is 236 g/mol. The fourth-order valence-corrected chi connectivity index (χ4v) is 2.25. The molecule has 0 aliphatic carbocycles. The van der Waals surface area contributed by atoms with E-state index in [4.69, 9.17) is 11.6 Å². The molecule has 0 saturated carbocycles. The quantitative estimate of drug-likeness (QED) is 0.753. The van der Waals surface area contributed by atoms with Gasteiger partial charge in [-0.3, -0.25) is 4.40 Å². The maximum atomic E-state index is 11.1. The van der Waals surface area contributed by atoms with Crippen molar-refractivity contribution >= 4 is 27.1 Å². The minimum atomic E-state index is -3.06. The van der Waals surface area contributed by atoms with Crippen molar-refractivity contribution in [3.63, 3.8) is 0 Å². The minimum Gasteiger partial charge on any atom is -0.290 e. The van der Waals surface area contributed by atoms with Gasteiger partial charge >= 0.3 is 0 Å². The van der Waals surface area contributed by atoms with Crippen molar-refractivity contribution in [3.05, 3.63) is 35.2 Å². The maximum Gasteiger partial charge on any atom is 0.153 e. The molecule has 0 aliphatic rings. The normalized spacial score (nSPS) is 12.1. The summed E-state index contributed by atoms with van der Waals surface area (Å²) in [4.78, 5) is 4.16. The average Bonchev–Trinajstić information content (AvgIpc) is 2.45. The summed E-state index contributed by atoms with van der Waals surface area (Å²) in [5.41, 5.74) is 1.16. The van der Waals surface area contributed by atoms with Crippen molar-refractivity contribution in [2.75, 3.05) is 6.26 Å². The Kier molecular flexibility index (Phi) is 2.44. The van der Waals surface area contributed by atoms with Gasteiger partial charge in [0, 0.05) is 12.5 Å². The van der Waals surface area contributed by atoms with E-state index in [-0.39, 0.29) is 5.75 Å². The molecule has 0 spiro atoms. The molecule has 0 aromatic carbocycles. The number of sulfone groups is 1. The van der Waals surface area contributed by atoms with Crippen molar-refractivity contribution in [3.8, 4) is 0 Å². The zero-order valence-electron chi connectivity index (χ0n) is 8.01. The van der Waals surface area contributed by atoms with Gasteiger partial charge in [-0.15, -0.1) is 0 Å². The number of rotatable bonds is 2. The lowest BCUT2D eigenvalue weighted by atomic mass is 10.5. The van der Waals surface area contributed by atoms with E-state index in [1.807, 2.05) is 0 Å². The van der Waals surface area contributed by atoms with Crippen LogP contribution in [-0.2, 0) is 15.6 Å². The zero-order valence-corrected chi connectivity index (χ0v) is 9.59. The lowest BCUT2D eigenvalue weighted by Gasteiger charge is -1.93. The largest absolute Gasteiger partial charge is 0.290 e. The van der Waals surface area contributed by atoms with Crippen molar-refractivity contribution in [2.45, 2.75) is 5.75 Å². The Bertz CT molecular complexity index is 604. The van der Waals surface area contributed by atoms with Gasteiger partial charge in [0.05, 0.1) is 11.4 Å². The summed E-state index contributed by atoms with van der Waals surface area (Å²) in [6, 6.07) is 5.27. The van der Waals surface area contributed by atoms with Crippen LogP contribution in [0.1, 0.15) is 5.69 Å². The van der Waals surface area contributed by atoms with Crippen LogP contribution in [0.5, 0.6) is 0 Å². The highest BCUT2D eigenvalue weighted by Gasteiger charge is 2.09. The Morgan fingerprint density at radius 3 is 2.80 bits per heavy atom. The van der Waals surface area contributed by atoms with Gasteiger partial charge in [-0.25, -0.2) is 13.4 Å². The SMILES string of the molecule is CS(=O)(=O)Cc1cn2c(Cl)cccc2n1. The molecule has 0 unspecified atom stereocenters. The molecule has 80 valence electrons. The van der Waals surface area contributed by atoms with E-state index >= 15 is 0 Å². The molecule has 4 nitrogen and oxygen atoms in total. The molecule has 2 aromatic heterocycles. The Labute approximate surface area is 92.4 Å². The topological polar surface area (TPSA) is 51.4 Å². The third kappa shape index (κ3) is 2.30. The van der Waals surface area contributed by atoms with Crippen LogP contribution in [0, 0.1) is 0 Å². The standard InChI is InChI=1S/C9H9ClN2O2S/c1-15(13,14)6-7-5-12-8(10)3-2-4-9(12)11-7/h2-5H,6H2,1H3. The first kappa shape index (κ1) is 10.4. The fourth-order valence-electron chi connectivity index (χ4n) is 1.37. The lowest BCUT2D eigenvalue weighted by molar-refractivity contribution is 0.600. The second-order valence-corrected chi connectivity index (χ2v) is 5.91. The summed E-state index contributed by atoms with van der Waals surface area (Å²) in [6.45, 7) is 0. The molecule has 0 amide bonds. The highest BCUT2D eigenvalue weighted by molar-refractivity contribution is 7.89. The Morgan fingerprint density at radius 2 is 2.20 bits per heavy atom. The van der Waals surface area contributed by atoms with Crippen molar-refractivity contribution in [2.24, 2.45) is 0 Å². The molecule has 2 rings (SSSR count). The summed E-state index contributed by atoms with van der Waals surface area (Å²) >= 11 is 5.92. The lowest BCUT2D eigenvalue weighted by Crippen LogP contribution is -2.00. The number of pyridine rings is 1. The molecule has 2 heterocycles. The van der Waals surface area contributed by atoms with Gasteiger partial charge in [0.2, 0.25) is 0 Å². The van der Waals surface area contributed by atoms with E-state index in [0.29, 0.717) is 16.5 Å². The summed E-state index contributed by atoms with van der Waals surface area (Å²) in [5, 5.41) is 0.514. The van der Waals surface area contributed by atoms with Gasteiger partial charge in [-0.1, -0.05) is 17.7 Å². The Hall–Kier alpha value is -1.07. The van der Waals surface area contributed by atoms with Gasteiger partial charge in [-0.2, -0.15) is 0 Å². The molecular formula is C9H9ClN2O2S. The van der Waals surface area contributed by atoms with Crippen LogP contribution in [0.4, 0.5) is 0 Å². The smallest absolute Gasteiger partial charge is 0.153 e. The molecule has 6 heteroatoms. The first-order chi connectivity index (χ1) is 6.96. The molecule has 2 aromatic rings. The third-order valence-electron chi connectivity index (χ3n) is 1.90. The van der Waals surface area contributed by atoms with Gasteiger partial charge in [-0.05, 0) is 12.1 Å². The van der Waals surface area contributed by atoms with E-state index in [0.717, 1.165) is 0 Å². The number of halogens is 1. The number of hydrogen-bond acceptors (Lipinski definition) is 3. The summed E-state index contributed by atoms with van der Waals surface area (Å²) in [6.07, 6.45) is 2.82. The minimum absolute atomic E-state index is 0.0645. The van der Waals surface area contributed by atoms with Crippen LogP contribution in [0.25, 0.3) is 5.65 Å². The predicted molar refractivity (Wildman–Crippen MR) is 58.7 cm³/mol. The molecule has 0 bridgehead atoms. The van der Waals surface area contributed by atoms with E-state index in [1.54, 1.807) is 28.8 Å². The van der Waals surface area contributed by atoms with Gasteiger partial charge in [0.1, 0.15) is 10.8 Å². The van der Waals surface area contributed by atoms with Crippen LogP contribution >= 0.6 is 11.6 Å². The number of aromatic nitrogens is 2. The molecule has 0 N–H and O–H groups in total. The van der Waals surface area contributed by atoms with Gasteiger partial charge in [0.15, 0.2) is 9.84 Å². The third-order valence-corrected chi connectivity index (χ3v) is 3.03. The average molecular weight is 245 g/mol. The number of hydrogen-bond donors (Lipinski definition) is 0. The van der Waals surface area contributed by atoms with Gasteiger partial charge < -0.3 is 0 Å². The number of fused-ring (bicyclic) bond motifs is 1. The molecule has 0 saturated heterocycles. The molecule has 0 radical (unpaired) electrons. The van der Waals surface area contributed by atoms with Crippen LogP contribution in [0.15, 0.2) is 24.4 Å². The highest BCUT2D eigenvalue weighted by Crippen LogP contribution is 2.14. The number of imidazole rings is 1. The first-order valence-electron chi connectivity index (χ1n) is 4.26. The second kappa shape index (κ2) is 3.50. The molecule has 0 atom stereocenters. The number of nitrogens with zero attached hydrogens (tertiary/aromatic N) is 2. The van der Waals surface area contributed by atoms with E-state index < -0.39 is 9.84 Å². The summed E-state index contributed by atoms with van der Waals surface area (Å²) in [5.74, 6) is -0.0645. The van der Waals surface area contributed by atoms with Crippen LogP contribution in [0.2, 0.25) is 5.15 Å². The summed E-state index contributed by atoms with van der Waals surface area (Å²) in [7, 11) is -3.06. The van der Waals surface area contributed by atoms with E-state index in [1.165, 1.54) is 6.26 Å². The van der Waals surface area contributed by atoms with Crippen molar-refractivity contribution in [1.82, 2.24) is 9.38 Å². The zero-order chi connectivity index (χ0) is 11.1. The van der Waals surface area contributed by atoms with Crippen LogP contribution < -0.4 is 0 Å². The highest BCUT2D eigenvalue weighted by atomic mass is 35.5. The maximum absolute atomic E-state index is 11.1. The Balaban J connectivity index is 2.53.